The second-order valence-corrected chi connectivity index (χ2v) is 11.2. The van der Waals surface area contributed by atoms with Crippen LogP contribution >= 0.6 is 11.6 Å². The molecule has 2 amide bonds. The van der Waals surface area contributed by atoms with E-state index < -0.39 is 47.1 Å². The average molecular weight is 577 g/mol. The summed E-state index contributed by atoms with van der Waals surface area (Å²) in [4.78, 5) is 36.6. The molecule has 6 rings (SSSR count). The van der Waals surface area contributed by atoms with Crippen molar-refractivity contribution in [3.05, 3.63) is 102 Å². The van der Waals surface area contributed by atoms with Crippen molar-refractivity contribution >= 4 is 39.9 Å². The molecule has 0 bridgehead atoms. The Morgan fingerprint density at radius 3 is 2.63 bits per heavy atom. The average Bonchev–Trinajstić information content (AvgIpc) is 3.20. The summed E-state index contributed by atoms with van der Waals surface area (Å²) >= 11 is 6.77. The first-order chi connectivity index (χ1) is 19.8. The molecule has 0 spiro atoms. The molecule has 5 atom stereocenters. The zero-order chi connectivity index (χ0) is 28.7. The quantitative estimate of drug-likeness (QED) is 0.318. The molecule has 4 aromatic rings. The number of benzene rings is 2. The number of fused-ring (bicyclic) bond motifs is 2. The van der Waals surface area contributed by atoms with E-state index in [1.807, 2.05) is 18.2 Å². The van der Waals surface area contributed by atoms with Crippen LogP contribution in [0.15, 0.2) is 85.3 Å². The Kier molecular flexibility index (Phi) is 7.17. The fourth-order valence-corrected chi connectivity index (χ4v) is 6.52. The minimum absolute atomic E-state index is 0.0132. The van der Waals surface area contributed by atoms with E-state index >= 15 is 0 Å². The number of hydrogen-bond donors (Lipinski definition) is 2. The number of hydrogen-bond acceptors (Lipinski definition) is 5. The summed E-state index contributed by atoms with van der Waals surface area (Å²) in [5, 5.41) is 15.6. The van der Waals surface area contributed by atoms with Gasteiger partial charge in [-0.25, -0.2) is 8.78 Å². The maximum atomic E-state index is 14.3. The van der Waals surface area contributed by atoms with E-state index in [9.17, 15) is 23.5 Å². The standard InChI is InChI=1S/C31H27ClF2N4O3/c32-24-15-25(37-29(39)19-7-5-12-35-16-19)22(28(33)34)14-20(24)17-38-26-10-4-3-9-23(26)31(41,30(38)40)27-21-8-2-1-6-18(21)11-13-36-27/h1-13,16,20,22,24-25,28,41H,14-15,17H2,(H,37,39)/t20-,22-,24-,25-,31-/m1/s1. The van der Waals surface area contributed by atoms with E-state index in [0.717, 1.165) is 5.39 Å². The zero-order valence-electron chi connectivity index (χ0n) is 21.8. The van der Waals surface area contributed by atoms with E-state index in [-0.39, 0.29) is 30.6 Å². The number of halogens is 3. The molecule has 0 unspecified atom stereocenters. The normalized spacial score (nSPS) is 25.9. The molecule has 1 saturated carbocycles. The fourth-order valence-electron chi connectivity index (χ4n) is 6.14. The SMILES string of the molecule is O=C(N[C@@H]1C[C@@H](Cl)[C@@H](CN2C(=O)[C@](O)(c3nccc4ccccc34)c3ccccc32)C[C@H]1C(F)F)c1cccnc1. The van der Waals surface area contributed by atoms with Crippen LogP contribution in [-0.4, -0.2) is 51.3 Å². The van der Waals surface area contributed by atoms with Crippen molar-refractivity contribution < 1.29 is 23.5 Å². The second-order valence-electron chi connectivity index (χ2n) is 10.6. The molecule has 0 radical (unpaired) electrons. The van der Waals surface area contributed by atoms with Crippen LogP contribution in [0.2, 0.25) is 0 Å². The van der Waals surface area contributed by atoms with Gasteiger partial charge in [-0.15, -0.1) is 11.6 Å². The van der Waals surface area contributed by atoms with Crippen LogP contribution in [0, 0.1) is 11.8 Å². The van der Waals surface area contributed by atoms with Gasteiger partial charge in [0.15, 0.2) is 0 Å². The first kappa shape index (κ1) is 27.2. The zero-order valence-corrected chi connectivity index (χ0v) is 22.6. The smallest absolute Gasteiger partial charge is 0.270 e. The highest BCUT2D eigenvalue weighted by molar-refractivity contribution is 6.21. The maximum Gasteiger partial charge on any atom is 0.270 e. The fraction of sp³-hybridized carbons (Fsp3) is 0.290. The number of pyridine rings is 2. The summed E-state index contributed by atoms with van der Waals surface area (Å²) in [6.07, 6.45) is 1.83. The number of carbonyl (C=O) groups excluding carboxylic acids is 2. The molecule has 2 N–H and O–H groups in total. The summed E-state index contributed by atoms with van der Waals surface area (Å²) < 4.78 is 28.6. The van der Waals surface area contributed by atoms with Crippen LogP contribution in [0.3, 0.4) is 0 Å². The lowest BCUT2D eigenvalue weighted by Gasteiger charge is -2.40. The molecule has 2 aromatic heterocycles. The molecular formula is C31H27ClF2N4O3. The van der Waals surface area contributed by atoms with E-state index in [0.29, 0.717) is 16.6 Å². The lowest BCUT2D eigenvalue weighted by Crippen LogP contribution is -2.52. The van der Waals surface area contributed by atoms with Crippen molar-refractivity contribution in [1.82, 2.24) is 15.3 Å². The number of amides is 2. The Labute approximate surface area is 240 Å². The van der Waals surface area contributed by atoms with Crippen LogP contribution in [0.4, 0.5) is 14.5 Å². The van der Waals surface area contributed by atoms with Crippen LogP contribution in [0.5, 0.6) is 0 Å². The molecule has 0 saturated heterocycles. The van der Waals surface area contributed by atoms with E-state index in [2.05, 4.69) is 15.3 Å². The third-order valence-corrected chi connectivity index (χ3v) is 8.75. The van der Waals surface area contributed by atoms with Gasteiger partial charge in [-0.05, 0) is 48.4 Å². The van der Waals surface area contributed by atoms with E-state index in [1.54, 1.807) is 54.7 Å². The molecule has 41 heavy (non-hydrogen) atoms. The summed E-state index contributed by atoms with van der Waals surface area (Å²) in [5.41, 5.74) is -0.711. The number of anilines is 1. The lowest BCUT2D eigenvalue weighted by molar-refractivity contribution is -0.132. The van der Waals surface area contributed by atoms with Crippen molar-refractivity contribution in [3.8, 4) is 0 Å². The van der Waals surface area contributed by atoms with Gasteiger partial charge < -0.3 is 15.3 Å². The molecule has 7 nitrogen and oxygen atoms in total. The Hall–Kier alpha value is -3.95. The van der Waals surface area contributed by atoms with Gasteiger partial charge in [0.25, 0.3) is 11.8 Å². The molecule has 2 aromatic carbocycles. The molecule has 1 aliphatic carbocycles. The maximum absolute atomic E-state index is 14.3. The predicted octanol–water partition coefficient (Wildman–Crippen LogP) is 4.91. The minimum Gasteiger partial charge on any atom is -0.370 e. The largest absolute Gasteiger partial charge is 0.370 e. The first-order valence-electron chi connectivity index (χ1n) is 13.4. The number of aliphatic hydroxyl groups is 1. The summed E-state index contributed by atoms with van der Waals surface area (Å²) in [6.45, 7) is 0.0313. The molecule has 3 heterocycles. The van der Waals surface area contributed by atoms with Gasteiger partial charge in [-0.2, -0.15) is 0 Å². The topological polar surface area (TPSA) is 95.4 Å². The first-order valence-corrected chi connectivity index (χ1v) is 13.8. The van der Waals surface area contributed by atoms with Gasteiger partial charge in [0.2, 0.25) is 12.0 Å². The number of carbonyl (C=O) groups is 2. The Balaban J connectivity index is 1.28. The van der Waals surface area contributed by atoms with Crippen LogP contribution < -0.4 is 10.2 Å². The molecule has 2 aliphatic rings. The van der Waals surface area contributed by atoms with Crippen LogP contribution in [-0.2, 0) is 10.4 Å². The highest BCUT2D eigenvalue weighted by atomic mass is 35.5. The van der Waals surface area contributed by atoms with Gasteiger partial charge in [0, 0.05) is 53.4 Å². The number of rotatable bonds is 6. The molecule has 210 valence electrons. The van der Waals surface area contributed by atoms with Gasteiger partial charge >= 0.3 is 0 Å². The van der Waals surface area contributed by atoms with Gasteiger partial charge in [-0.1, -0.05) is 42.5 Å². The molecule has 10 heteroatoms. The summed E-state index contributed by atoms with van der Waals surface area (Å²) in [6, 6.07) is 18.4. The van der Waals surface area contributed by atoms with Crippen molar-refractivity contribution in [1.29, 1.82) is 0 Å². The number of nitrogens with zero attached hydrogens (tertiary/aromatic N) is 3. The third kappa shape index (κ3) is 4.73. The van der Waals surface area contributed by atoms with Crippen molar-refractivity contribution in [3.63, 3.8) is 0 Å². The van der Waals surface area contributed by atoms with Crippen molar-refractivity contribution in [2.75, 3.05) is 11.4 Å². The third-order valence-electron chi connectivity index (χ3n) is 8.22. The number of nitrogens with one attached hydrogen (secondary N) is 1. The number of alkyl halides is 3. The highest BCUT2D eigenvalue weighted by Gasteiger charge is 2.54. The van der Waals surface area contributed by atoms with Gasteiger partial charge in [0.05, 0.1) is 16.9 Å². The second kappa shape index (κ2) is 10.8. The monoisotopic (exact) mass is 576 g/mol. The minimum atomic E-state index is -2.71. The highest BCUT2D eigenvalue weighted by Crippen LogP contribution is 2.47. The predicted molar refractivity (Wildman–Crippen MR) is 151 cm³/mol. The molecule has 1 fully saturated rings. The Morgan fingerprint density at radius 2 is 1.85 bits per heavy atom. The molecular weight excluding hydrogens is 550 g/mol. The van der Waals surface area contributed by atoms with Crippen LogP contribution in [0.25, 0.3) is 10.8 Å². The van der Waals surface area contributed by atoms with Crippen LogP contribution in [0.1, 0.15) is 34.5 Å². The Bertz CT molecular complexity index is 1600. The lowest BCUT2D eigenvalue weighted by atomic mass is 9.77. The van der Waals surface area contributed by atoms with E-state index in [4.69, 9.17) is 11.6 Å². The number of para-hydroxylation sites is 1. The van der Waals surface area contributed by atoms with Crippen molar-refractivity contribution in [2.24, 2.45) is 11.8 Å². The van der Waals surface area contributed by atoms with Gasteiger partial charge in [-0.3, -0.25) is 19.6 Å². The molecule has 1 aliphatic heterocycles. The van der Waals surface area contributed by atoms with Gasteiger partial charge in [0.1, 0.15) is 0 Å². The Morgan fingerprint density at radius 1 is 1.07 bits per heavy atom. The van der Waals surface area contributed by atoms with Crippen molar-refractivity contribution in [2.45, 2.75) is 36.3 Å². The van der Waals surface area contributed by atoms with E-state index in [1.165, 1.54) is 17.3 Å². The number of aromatic nitrogens is 2. The summed E-state index contributed by atoms with van der Waals surface area (Å²) in [5.74, 6) is -2.77. The summed E-state index contributed by atoms with van der Waals surface area (Å²) in [7, 11) is 0.